The molecule has 0 aliphatic rings. The second kappa shape index (κ2) is 8.29. The zero-order valence-electron chi connectivity index (χ0n) is 16.4. The zero-order chi connectivity index (χ0) is 22.0. The molecule has 0 aromatic heterocycles. The highest BCUT2D eigenvalue weighted by Gasteiger charge is 2.14. The number of carbonyl (C=O) groups is 2. The smallest absolute Gasteiger partial charge is 0.338 e. The first kappa shape index (κ1) is 20.9. The lowest BCUT2D eigenvalue weighted by Crippen LogP contribution is -2.09. The highest BCUT2D eigenvalue weighted by atomic mass is 19.1. The number of esters is 2. The van der Waals surface area contributed by atoms with Gasteiger partial charge in [-0.3, -0.25) is 0 Å². The van der Waals surface area contributed by atoms with Crippen LogP contribution in [0.25, 0.3) is 21.9 Å². The van der Waals surface area contributed by atoms with Crippen molar-refractivity contribution in [3.63, 3.8) is 0 Å². The summed E-state index contributed by atoms with van der Waals surface area (Å²) in [6.45, 7) is 9.91. The van der Waals surface area contributed by atoms with Gasteiger partial charge in [0.2, 0.25) is 0 Å². The van der Waals surface area contributed by atoms with Crippen LogP contribution in [0.1, 0.15) is 13.8 Å². The number of hydrogen-bond acceptors (Lipinski definition) is 4. The van der Waals surface area contributed by atoms with Gasteiger partial charge < -0.3 is 9.47 Å². The van der Waals surface area contributed by atoms with E-state index in [1.165, 1.54) is 38.1 Å². The molecule has 0 spiro atoms. The summed E-state index contributed by atoms with van der Waals surface area (Å²) in [5.41, 5.74) is 1.37. The molecule has 6 heteroatoms. The van der Waals surface area contributed by atoms with Crippen molar-refractivity contribution in [1.29, 1.82) is 0 Å². The van der Waals surface area contributed by atoms with Crippen molar-refractivity contribution in [3.8, 4) is 22.6 Å². The summed E-state index contributed by atoms with van der Waals surface area (Å²) in [5.74, 6) is -2.84. The molecule has 30 heavy (non-hydrogen) atoms. The van der Waals surface area contributed by atoms with Crippen LogP contribution < -0.4 is 9.47 Å². The van der Waals surface area contributed by atoms with E-state index in [2.05, 4.69) is 13.2 Å². The summed E-state index contributed by atoms with van der Waals surface area (Å²) in [7, 11) is 0. The van der Waals surface area contributed by atoms with Gasteiger partial charge in [0.25, 0.3) is 0 Å². The zero-order valence-corrected chi connectivity index (χ0v) is 16.4. The Morgan fingerprint density at radius 1 is 0.800 bits per heavy atom. The predicted molar refractivity (Wildman–Crippen MR) is 110 cm³/mol. The standard InChI is InChI=1S/C24H18F2O4/c1-13(2)23(27)29-19-11-17(10-18(25)12-19)15-5-7-20-16(9-15)6-8-21(22(20)26)30-24(28)14(3)4/h5-12H,1,3H2,2,4H3. The molecular formula is C24H18F2O4. The van der Waals surface area contributed by atoms with Crippen LogP contribution in [0, 0.1) is 11.6 Å². The number of hydrogen-bond donors (Lipinski definition) is 0. The second-order valence-electron chi connectivity index (χ2n) is 6.83. The molecular weight excluding hydrogens is 390 g/mol. The molecule has 0 unspecified atom stereocenters. The Bertz CT molecular complexity index is 1210. The number of halogens is 2. The number of benzene rings is 3. The van der Waals surface area contributed by atoms with E-state index in [0.717, 1.165) is 6.07 Å². The summed E-state index contributed by atoms with van der Waals surface area (Å²) in [4.78, 5) is 23.4. The normalized spacial score (nSPS) is 10.5. The molecule has 0 heterocycles. The monoisotopic (exact) mass is 408 g/mol. The summed E-state index contributed by atoms with van der Waals surface area (Å²) in [6, 6.07) is 11.5. The van der Waals surface area contributed by atoms with Gasteiger partial charge in [0.05, 0.1) is 0 Å². The quantitative estimate of drug-likeness (QED) is 0.307. The van der Waals surface area contributed by atoms with Crippen LogP contribution in [0.3, 0.4) is 0 Å². The van der Waals surface area contributed by atoms with Crippen LogP contribution in [0.15, 0.2) is 72.8 Å². The number of carbonyl (C=O) groups excluding carboxylic acids is 2. The average molecular weight is 408 g/mol. The minimum absolute atomic E-state index is 0.0336. The van der Waals surface area contributed by atoms with E-state index in [0.29, 0.717) is 16.5 Å². The van der Waals surface area contributed by atoms with Crippen molar-refractivity contribution >= 4 is 22.7 Å². The van der Waals surface area contributed by atoms with Crippen LogP contribution in [-0.4, -0.2) is 11.9 Å². The molecule has 0 bridgehead atoms. The van der Waals surface area contributed by atoms with E-state index < -0.39 is 23.6 Å². The lowest BCUT2D eigenvalue weighted by atomic mass is 10.0. The van der Waals surface area contributed by atoms with Gasteiger partial charge >= 0.3 is 11.9 Å². The summed E-state index contributed by atoms with van der Waals surface area (Å²) in [6.07, 6.45) is 0. The van der Waals surface area contributed by atoms with Gasteiger partial charge in [-0.1, -0.05) is 31.4 Å². The minimum atomic E-state index is -0.721. The van der Waals surface area contributed by atoms with Gasteiger partial charge in [0, 0.05) is 22.6 Å². The predicted octanol–water partition coefficient (Wildman–Crippen LogP) is 5.75. The average Bonchev–Trinajstić information content (AvgIpc) is 2.69. The SMILES string of the molecule is C=C(C)C(=O)Oc1cc(F)cc(-c2ccc3c(F)c(OC(=O)C(=C)C)ccc3c2)c1. The van der Waals surface area contributed by atoms with E-state index in [9.17, 15) is 18.4 Å². The molecule has 3 aromatic rings. The first-order chi connectivity index (χ1) is 14.2. The Morgan fingerprint density at radius 2 is 1.47 bits per heavy atom. The molecule has 3 aromatic carbocycles. The fourth-order valence-electron chi connectivity index (χ4n) is 2.70. The lowest BCUT2D eigenvalue weighted by molar-refractivity contribution is -0.131. The van der Waals surface area contributed by atoms with E-state index in [1.807, 2.05) is 0 Å². The van der Waals surface area contributed by atoms with Crippen molar-refractivity contribution in [2.75, 3.05) is 0 Å². The molecule has 0 saturated carbocycles. The van der Waals surface area contributed by atoms with Gasteiger partial charge in [0.15, 0.2) is 11.6 Å². The third kappa shape index (κ3) is 4.43. The lowest BCUT2D eigenvalue weighted by Gasteiger charge is -2.10. The maximum atomic E-state index is 14.7. The van der Waals surface area contributed by atoms with Gasteiger partial charge in [0.1, 0.15) is 11.6 Å². The maximum Gasteiger partial charge on any atom is 0.338 e. The summed E-state index contributed by atoms with van der Waals surface area (Å²) >= 11 is 0. The Kier molecular flexibility index (Phi) is 5.78. The third-order valence-corrected chi connectivity index (χ3v) is 4.23. The van der Waals surface area contributed by atoms with E-state index >= 15 is 0 Å². The first-order valence-corrected chi connectivity index (χ1v) is 8.94. The van der Waals surface area contributed by atoms with Crippen LogP contribution in [0.2, 0.25) is 0 Å². The number of fused-ring (bicyclic) bond motifs is 1. The van der Waals surface area contributed by atoms with Gasteiger partial charge in [-0.2, -0.15) is 0 Å². The Labute approximate surface area is 172 Å². The molecule has 0 saturated heterocycles. The third-order valence-electron chi connectivity index (χ3n) is 4.23. The van der Waals surface area contributed by atoms with E-state index in [1.54, 1.807) is 18.2 Å². The molecule has 0 aliphatic carbocycles. The van der Waals surface area contributed by atoms with Gasteiger partial charge in [-0.05, 0) is 54.6 Å². The molecule has 3 rings (SSSR count). The highest BCUT2D eigenvalue weighted by Crippen LogP contribution is 2.32. The Hall–Kier alpha value is -3.80. The molecule has 0 radical (unpaired) electrons. The fourth-order valence-corrected chi connectivity index (χ4v) is 2.70. The second-order valence-corrected chi connectivity index (χ2v) is 6.83. The van der Waals surface area contributed by atoms with Crippen molar-refractivity contribution < 1.29 is 27.8 Å². The Balaban J connectivity index is 1.99. The van der Waals surface area contributed by atoms with Crippen molar-refractivity contribution in [2.24, 2.45) is 0 Å². The number of ether oxygens (including phenoxy) is 2. The Morgan fingerprint density at radius 3 is 2.13 bits per heavy atom. The molecule has 4 nitrogen and oxygen atoms in total. The summed E-state index contributed by atoms with van der Waals surface area (Å²) in [5, 5.41) is 0.751. The topological polar surface area (TPSA) is 52.6 Å². The van der Waals surface area contributed by atoms with Gasteiger partial charge in [-0.15, -0.1) is 0 Å². The largest absolute Gasteiger partial charge is 0.423 e. The summed E-state index contributed by atoms with van der Waals surface area (Å²) < 4.78 is 38.9. The van der Waals surface area contributed by atoms with Crippen molar-refractivity contribution in [1.82, 2.24) is 0 Å². The maximum absolute atomic E-state index is 14.7. The molecule has 0 atom stereocenters. The molecule has 152 valence electrons. The van der Waals surface area contributed by atoms with Crippen LogP contribution in [0.4, 0.5) is 8.78 Å². The fraction of sp³-hybridized carbons (Fsp3) is 0.0833. The minimum Gasteiger partial charge on any atom is -0.423 e. The highest BCUT2D eigenvalue weighted by molar-refractivity contribution is 5.92. The van der Waals surface area contributed by atoms with E-state index in [4.69, 9.17) is 9.47 Å². The van der Waals surface area contributed by atoms with Crippen LogP contribution >= 0.6 is 0 Å². The van der Waals surface area contributed by atoms with Crippen LogP contribution in [0.5, 0.6) is 11.5 Å². The molecule has 0 amide bonds. The first-order valence-electron chi connectivity index (χ1n) is 8.94. The molecule has 0 aliphatic heterocycles. The molecule has 0 N–H and O–H groups in total. The van der Waals surface area contributed by atoms with E-state index in [-0.39, 0.29) is 28.0 Å². The van der Waals surface area contributed by atoms with Crippen molar-refractivity contribution in [3.05, 3.63) is 84.5 Å². The number of rotatable bonds is 5. The van der Waals surface area contributed by atoms with Gasteiger partial charge in [-0.25, -0.2) is 18.4 Å². The molecule has 0 fully saturated rings. The van der Waals surface area contributed by atoms with Crippen LogP contribution in [-0.2, 0) is 9.59 Å². The van der Waals surface area contributed by atoms with Crippen molar-refractivity contribution in [2.45, 2.75) is 13.8 Å².